The lowest BCUT2D eigenvalue weighted by Gasteiger charge is -2.33. The molecule has 0 aliphatic heterocycles. The number of benzene rings is 1. The van der Waals surface area contributed by atoms with Gasteiger partial charge in [0.25, 0.3) is 0 Å². The number of carbonyl (C=O) groups excluding carboxylic acids is 3. The van der Waals surface area contributed by atoms with Crippen LogP contribution in [0.15, 0.2) is 30.3 Å². The molecule has 0 fully saturated rings. The van der Waals surface area contributed by atoms with Gasteiger partial charge in [0.1, 0.15) is 11.2 Å². The first kappa shape index (κ1) is 26.4. The minimum Gasteiger partial charge on any atom is -0.443 e. The summed E-state index contributed by atoms with van der Waals surface area (Å²) in [5, 5.41) is 1.12. The molecule has 0 bridgehead atoms. The first-order valence-corrected chi connectivity index (χ1v) is 10.3. The Morgan fingerprint density at radius 2 is 1.39 bits per heavy atom. The summed E-state index contributed by atoms with van der Waals surface area (Å²) < 4.78 is 11.0. The fourth-order valence-electron chi connectivity index (χ4n) is 2.75. The number of rotatable bonds is 7. The molecule has 0 aliphatic rings. The minimum atomic E-state index is -0.810. The Kier molecular flexibility index (Phi) is 9.49. The van der Waals surface area contributed by atoms with Crippen LogP contribution in [0.3, 0.4) is 0 Å². The predicted molar refractivity (Wildman–Crippen MR) is 117 cm³/mol. The highest BCUT2D eigenvalue weighted by molar-refractivity contribution is 5.88. The summed E-state index contributed by atoms with van der Waals surface area (Å²) in [6.45, 7) is 10.3. The highest BCUT2D eigenvalue weighted by Gasteiger charge is 2.37. The van der Waals surface area contributed by atoms with E-state index in [9.17, 15) is 14.4 Å². The lowest BCUT2D eigenvalue weighted by molar-refractivity contribution is -0.169. The molecule has 1 aromatic carbocycles. The number of ether oxygens (including phenoxy) is 2. The summed E-state index contributed by atoms with van der Waals surface area (Å²) in [6.07, 6.45) is -0.974. The molecular formula is C23H36N2O6. The van der Waals surface area contributed by atoms with Crippen LogP contribution in [0.5, 0.6) is 0 Å². The van der Waals surface area contributed by atoms with Gasteiger partial charge in [-0.2, -0.15) is 0 Å². The first-order chi connectivity index (χ1) is 14.2. The monoisotopic (exact) mass is 436 g/mol. The quantitative estimate of drug-likeness (QED) is 0.582. The molecule has 3 amide bonds. The number of hydrogen-bond donors (Lipinski definition) is 0. The van der Waals surface area contributed by atoms with E-state index in [1.54, 1.807) is 41.5 Å². The van der Waals surface area contributed by atoms with Crippen molar-refractivity contribution in [2.75, 3.05) is 14.2 Å². The van der Waals surface area contributed by atoms with E-state index >= 15 is 0 Å². The van der Waals surface area contributed by atoms with Crippen molar-refractivity contribution in [3.63, 3.8) is 0 Å². The van der Waals surface area contributed by atoms with Crippen LogP contribution in [0.4, 0.5) is 9.59 Å². The van der Waals surface area contributed by atoms with Crippen LogP contribution in [0.1, 0.15) is 59.9 Å². The van der Waals surface area contributed by atoms with E-state index < -0.39 is 29.4 Å². The molecule has 8 heteroatoms. The van der Waals surface area contributed by atoms with Gasteiger partial charge in [-0.25, -0.2) is 19.6 Å². The second kappa shape index (κ2) is 11.1. The van der Waals surface area contributed by atoms with E-state index in [4.69, 9.17) is 14.3 Å². The molecule has 1 atom stereocenters. The Morgan fingerprint density at radius 1 is 0.903 bits per heavy atom. The molecule has 8 nitrogen and oxygen atoms in total. The zero-order valence-corrected chi connectivity index (χ0v) is 19.9. The summed E-state index contributed by atoms with van der Waals surface area (Å²) in [7, 11) is 2.90. The fourth-order valence-corrected chi connectivity index (χ4v) is 2.75. The number of nitrogens with zero attached hydrogens (tertiary/aromatic N) is 2. The molecule has 1 rings (SSSR count). The summed E-state index contributed by atoms with van der Waals surface area (Å²) in [4.78, 5) is 44.3. The Balaban J connectivity index is 3.26. The maximum Gasteiger partial charge on any atom is 0.420 e. The average Bonchev–Trinajstić information content (AvgIpc) is 2.63. The summed E-state index contributed by atoms with van der Waals surface area (Å²) in [5.74, 6) is -0.270. The molecule has 31 heavy (non-hydrogen) atoms. The predicted octanol–water partition coefficient (Wildman–Crippen LogP) is 4.57. The average molecular weight is 437 g/mol. The smallest absolute Gasteiger partial charge is 0.420 e. The SMILES string of the molecule is CON(C)C(=O)CC[C@H](Cc1ccccc1)N(C(=O)OC(C)(C)C)C(=O)OC(C)(C)C. The van der Waals surface area contributed by atoms with Crippen molar-refractivity contribution < 1.29 is 28.7 Å². The molecule has 0 aliphatic carbocycles. The number of hydroxylamine groups is 2. The van der Waals surface area contributed by atoms with Crippen molar-refractivity contribution >= 4 is 18.1 Å². The van der Waals surface area contributed by atoms with E-state index in [2.05, 4.69) is 0 Å². The molecule has 0 saturated carbocycles. The van der Waals surface area contributed by atoms with Crippen molar-refractivity contribution in [2.45, 2.75) is 78.0 Å². The van der Waals surface area contributed by atoms with Gasteiger partial charge in [0.05, 0.1) is 13.2 Å². The zero-order valence-electron chi connectivity index (χ0n) is 19.9. The number of amides is 3. The van der Waals surface area contributed by atoms with Crippen molar-refractivity contribution in [3.05, 3.63) is 35.9 Å². The van der Waals surface area contributed by atoms with Gasteiger partial charge in [-0.3, -0.25) is 9.63 Å². The van der Waals surface area contributed by atoms with Crippen molar-refractivity contribution in [1.82, 2.24) is 9.96 Å². The molecule has 0 aromatic heterocycles. The van der Waals surface area contributed by atoms with Gasteiger partial charge in [0.15, 0.2) is 0 Å². The summed E-state index contributed by atoms with van der Waals surface area (Å²) in [5.41, 5.74) is -0.696. The second-order valence-corrected chi connectivity index (χ2v) is 9.29. The van der Waals surface area contributed by atoms with E-state index in [1.165, 1.54) is 14.2 Å². The van der Waals surface area contributed by atoms with Crippen molar-refractivity contribution in [3.8, 4) is 0 Å². The molecule has 1 aromatic rings. The van der Waals surface area contributed by atoms with Gasteiger partial charge in [-0.15, -0.1) is 0 Å². The minimum absolute atomic E-state index is 0.0733. The van der Waals surface area contributed by atoms with E-state index in [-0.39, 0.29) is 18.7 Å². The van der Waals surface area contributed by atoms with Crippen LogP contribution in [-0.2, 0) is 25.5 Å². The third-order valence-electron chi connectivity index (χ3n) is 4.18. The van der Waals surface area contributed by atoms with E-state index in [0.29, 0.717) is 6.42 Å². The molecule has 174 valence electrons. The largest absolute Gasteiger partial charge is 0.443 e. The van der Waals surface area contributed by atoms with Gasteiger partial charge in [0, 0.05) is 13.5 Å². The third-order valence-corrected chi connectivity index (χ3v) is 4.18. The van der Waals surface area contributed by atoms with Crippen LogP contribution < -0.4 is 0 Å². The van der Waals surface area contributed by atoms with Gasteiger partial charge in [-0.05, 0) is 59.9 Å². The van der Waals surface area contributed by atoms with Crippen molar-refractivity contribution in [2.24, 2.45) is 0 Å². The Morgan fingerprint density at radius 3 is 1.81 bits per heavy atom. The Labute approximate surface area is 185 Å². The number of imide groups is 1. The van der Waals surface area contributed by atoms with Crippen LogP contribution >= 0.6 is 0 Å². The van der Waals surface area contributed by atoms with Crippen LogP contribution in [0.2, 0.25) is 0 Å². The number of carbonyl (C=O) groups is 3. The lowest BCUT2D eigenvalue weighted by Crippen LogP contribution is -2.50. The first-order valence-electron chi connectivity index (χ1n) is 10.3. The van der Waals surface area contributed by atoms with Gasteiger partial charge >= 0.3 is 12.2 Å². The zero-order chi connectivity index (χ0) is 23.8. The van der Waals surface area contributed by atoms with Gasteiger partial charge in [-0.1, -0.05) is 30.3 Å². The molecular weight excluding hydrogens is 400 g/mol. The summed E-state index contributed by atoms with van der Waals surface area (Å²) >= 11 is 0. The fraction of sp³-hybridized carbons (Fsp3) is 0.609. The highest BCUT2D eigenvalue weighted by Crippen LogP contribution is 2.22. The van der Waals surface area contributed by atoms with Crippen LogP contribution in [0.25, 0.3) is 0 Å². The molecule has 0 saturated heterocycles. The van der Waals surface area contributed by atoms with Gasteiger partial charge < -0.3 is 9.47 Å². The Bertz CT molecular complexity index is 709. The van der Waals surface area contributed by atoms with Crippen LogP contribution in [0, 0.1) is 0 Å². The topological polar surface area (TPSA) is 85.4 Å². The summed E-state index contributed by atoms with van der Waals surface area (Å²) in [6, 6.07) is 8.79. The molecule has 0 spiro atoms. The molecule has 0 N–H and O–H groups in total. The third kappa shape index (κ3) is 9.83. The standard InChI is InChI=1S/C23H36N2O6/c1-22(2,3)30-20(27)25(21(28)31-23(4,5)6)18(14-15-19(26)24(7)29-8)16-17-12-10-9-11-13-17/h9-13,18H,14-16H2,1-8H3/t18-/m1/s1. The van der Waals surface area contributed by atoms with E-state index in [0.717, 1.165) is 15.5 Å². The molecule has 0 heterocycles. The maximum atomic E-state index is 13.0. The normalized spacial score (nSPS) is 12.6. The van der Waals surface area contributed by atoms with E-state index in [1.807, 2.05) is 30.3 Å². The lowest BCUT2D eigenvalue weighted by atomic mass is 10.0. The molecule has 0 unspecified atom stereocenters. The number of hydrogen-bond acceptors (Lipinski definition) is 6. The van der Waals surface area contributed by atoms with Crippen LogP contribution in [-0.4, -0.2) is 59.5 Å². The van der Waals surface area contributed by atoms with Gasteiger partial charge in [0.2, 0.25) is 5.91 Å². The molecule has 0 radical (unpaired) electrons. The second-order valence-electron chi connectivity index (χ2n) is 9.29. The van der Waals surface area contributed by atoms with Crippen molar-refractivity contribution in [1.29, 1.82) is 0 Å². The maximum absolute atomic E-state index is 13.0. The highest BCUT2D eigenvalue weighted by atomic mass is 16.7. The Hall–Kier alpha value is -2.61.